The van der Waals surface area contributed by atoms with Crippen molar-refractivity contribution in [3.63, 3.8) is 0 Å². The number of nitrogens with one attached hydrogen (secondary N) is 1. The maximum Gasteiger partial charge on any atom is 0.0779 e. The highest BCUT2D eigenvalue weighted by atomic mass is 15.2. The molecule has 0 saturated carbocycles. The normalized spacial score (nSPS) is 18.1. The van der Waals surface area contributed by atoms with Crippen molar-refractivity contribution < 1.29 is 0 Å². The molecule has 0 amide bonds. The average Bonchev–Trinajstić information content (AvgIpc) is 2.80. The first kappa shape index (κ1) is 14.2. The number of pyridine rings is 1. The average molecular weight is 281 g/mol. The summed E-state index contributed by atoms with van der Waals surface area (Å²) in [7, 11) is 0. The van der Waals surface area contributed by atoms with Crippen LogP contribution in [0.5, 0.6) is 0 Å². The first-order valence-corrected chi connectivity index (χ1v) is 7.77. The number of rotatable bonds is 3. The van der Waals surface area contributed by atoms with Gasteiger partial charge in [0.2, 0.25) is 0 Å². The van der Waals surface area contributed by atoms with E-state index in [0.29, 0.717) is 0 Å². The summed E-state index contributed by atoms with van der Waals surface area (Å²) in [4.78, 5) is 7.26. The number of aryl methyl sites for hydroxylation is 1. The smallest absolute Gasteiger partial charge is 0.0779 e. The first-order valence-electron chi connectivity index (χ1n) is 7.77. The molecule has 1 fully saturated rings. The second-order valence-electron chi connectivity index (χ2n) is 5.66. The van der Waals surface area contributed by atoms with E-state index in [-0.39, 0.29) is 6.04 Å². The molecule has 1 aliphatic rings. The molecule has 2 aromatic rings. The predicted octanol–water partition coefficient (Wildman–Crippen LogP) is 2.77. The van der Waals surface area contributed by atoms with Crippen molar-refractivity contribution in [3.8, 4) is 0 Å². The van der Waals surface area contributed by atoms with Gasteiger partial charge in [0.15, 0.2) is 0 Å². The molecule has 0 spiro atoms. The monoisotopic (exact) mass is 281 g/mol. The van der Waals surface area contributed by atoms with Crippen LogP contribution in [0.25, 0.3) is 0 Å². The molecule has 1 saturated heterocycles. The molecule has 1 N–H and O–H groups in total. The summed E-state index contributed by atoms with van der Waals surface area (Å²) in [6.07, 6.45) is 3.10. The molecular weight excluding hydrogens is 258 g/mol. The van der Waals surface area contributed by atoms with Crippen LogP contribution in [0.4, 0.5) is 0 Å². The second kappa shape index (κ2) is 6.83. The van der Waals surface area contributed by atoms with Crippen LogP contribution in [-0.4, -0.2) is 36.1 Å². The molecule has 2 heterocycles. The fourth-order valence-corrected chi connectivity index (χ4v) is 3.09. The SMILES string of the molecule is Cc1cccnc1C(c1ccccc1)N1CCCNCC1. The van der Waals surface area contributed by atoms with E-state index in [1.165, 1.54) is 23.2 Å². The van der Waals surface area contributed by atoms with Gasteiger partial charge >= 0.3 is 0 Å². The molecule has 0 aliphatic carbocycles. The zero-order valence-electron chi connectivity index (χ0n) is 12.6. The Morgan fingerprint density at radius 2 is 1.90 bits per heavy atom. The summed E-state index contributed by atoms with van der Waals surface area (Å²) < 4.78 is 0. The van der Waals surface area contributed by atoms with E-state index in [0.717, 1.165) is 26.2 Å². The quantitative estimate of drug-likeness (QED) is 0.937. The Bertz CT molecular complexity index is 560. The molecule has 3 nitrogen and oxygen atoms in total. The first-order chi connectivity index (χ1) is 10.4. The molecule has 1 unspecified atom stereocenters. The summed E-state index contributed by atoms with van der Waals surface area (Å²) in [6.45, 7) is 6.50. The lowest BCUT2D eigenvalue weighted by atomic mass is 9.98. The van der Waals surface area contributed by atoms with Crippen LogP contribution in [0.2, 0.25) is 0 Å². The van der Waals surface area contributed by atoms with Crippen molar-refractivity contribution >= 4 is 0 Å². The predicted molar refractivity (Wildman–Crippen MR) is 86.3 cm³/mol. The van der Waals surface area contributed by atoms with Crippen molar-refractivity contribution in [2.75, 3.05) is 26.2 Å². The second-order valence-corrected chi connectivity index (χ2v) is 5.66. The number of hydrogen-bond donors (Lipinski definition) is 1. The molecule has 1 aromatic carbocycles. The summed E-state index contributed by atoms with van der Waals surface area (Å²) in [6, 6.07) is 15.2. The maximum absolute atomic E-state index is 4.70. The Balaban J connectivity index is 2.00. The highest BCUT2D eigenvalue weighted by Gasteiger charge is 2.25. The number of hydrogen-bond acceptors (Lipinski definition) is 3. The van der Waals surface area contributed by atoms with Gasteiger partial charge in [-0.3, -0.25) is 9.88 Å². The van der Waals surface area contributed by atoms with E-state index in [1.54, 1.807) is 0 Å². The van der Waals surface area contributed by atoms with Crippen molar-refractivity contribution in [2.45, 2.75) is 19.4 Å². The summed E-state index contributed by atoms with van der Waals surface area (Å²) in [5.74, 6) is 0. The Hall–Kier alpha value is -1.71. The van der Waals surface area contributed by atoms with Crippen molar-refractivity contribution in [1.82, 2.24) is 15.2 Å². The lowest BCUT2D eigenvalue weighted by molar-refractivity contribution is 0.236. The standard InChI is InChI=1S/C18H23N3/c1-15-7-5-11-20-17(15)18(16-8-3-2-4-9-16)21-13-6-10-19-12-14-21/h2-5,7-9,11,18-19H,6,10,12-14H2,1H3. The Labute approximate surface area is 127 Å². The van der Waals surface area contributed by atoms with Crippen LogP contribution >= 0.6 is 0 Å². The van der Waals surface area contributed by atoms with E-state index in [1.807, 2.05) is 12.3 Å². The highest BCUT2D eigenvalue weighted by Crippen LogP contribution is 2.29. The molecular formula is C18H23N3. The van der Waals surface area contributed by atoms with Gasteiger partial charge in [0.1, 0.15) is 0 Å². The maximum atomic E-state index is 4.70. The van der Waals surface area contributed by atoms with E-state index in [4.69, 9.17) is 4.98 Å². The lowest BCUT2D eigenvalue weighted by Gasteiger charge is -2.31. The van der Waals surface area contributed by atoms with Gasteiger partial charge in [-0.1, -0.05) is 36.4 Å². The van der Waals surface area contributed by atoms with Gasteiger partial charge in [-0.25, -0.2) is 0 Å². The summed E-state index contributed by atoms with van der Waals surface area (Å²) >= 11 is 0. The van der Waals surface area contributed by atoms with Crippen LogP contribution in [0.3, 0.4) is 0 Å². The minimum absolute atomic E-state index is 0.257. The molecule has 1 atom stereocenters. The molecule has 3 rings (SSSR count). The molecule has 110 valence electrons. The van der Waals surface area contributed by atoms with Crippen LogP contribution in [0.1, 0.15) is 29.3 Å². The van der Waals surface area contributed by atoms with Crippen LogP contribution in [0.15, 0.2) is 48.7 Å². The van der Waals surface area contributed by atoms with Crippen molar-refractivity contribution in [1.29, 1.82) is 0 Å². The van der Waals surface area contributed by atoms with Crippen LogP contribution < -0.4 is 5.32 Å². The van der Waals surface area contributed by atoms with Gasteiger partial charge in [0.05, 0.1) is 11.7 Å². The fourth-order valence-electron chi connectivity index (χ4n) is 3.09. The number of nitrogens with zero attached hydrogens (tertiary/aromatic N) is 2. The molecule has 0 radical (unpaired) electrons. The molecule has 1 aliphatic heterocycles. The van der Waals surface area contributed by atoms with Gasteiger partial charge in [-0.2, -0.15) is 0 Å². The van der Waals surface area contributed by atoms with Gasteiger partial charge in [0.25, 0.3) is 0 Å². The minimum atomic E-state index is 0.257. The van der Waals surface area contributed by atoms with Crippen molar-refractivity contribution in [3.05, 3.63) is 65.5 Å². The van der Waals surface area contributed by atoms with E-state index < -0.39 is 0 Å². The molecule has 3 heteroatoms. The van der Waals surface area contributed by atoms with Gasteiger partial charge in [0, 0.05) is 25.8 Å². The zero-order valence-corrected chi connectivity index (χ0v) is 12.6. The van der Waals surface area contributed by atoms with E-state index >= 15 is 0 Å². The van der Waals surface area contributed by atoms with E-state index in [9.17, 15) is 0 Å². The zero-order chi connectivity index (χ0) is 14.5. The van der Waals surface area contributed by atoms with Gasteiger partial charge < -0.3 is 5.32 Å². The van der Waals surface area contributed by atoms with Gasteiger partial charge in [-0.15, -0.1) is 0 Å². The summed E-state index contributed by atoms with van der Waals surface area (Å²) in [5, 5.41) is 3.49. The lowest BCUT2D eigenvalue weighted by Crippen LogP contribution is -2.33. The highest BCUT2D eigenvalue weighted by molar-refractivity contribution is 5.32. The summed E-state index contributed by atoms with van der Waals surface area (Å²) in [5.41, 5.74) is 3.79. The number of benzene rings is 1. The molecule has 21 heavy (non-hydrogen) atoms. The molecule has 0 bridgehead atoms. The Morgan fingerprint density at radius 1 is 1.05 bits per heavy atom. The van der Waals surface area contributed by atoms with Crippen LogP contribution in [-0.2, 0) is 0 Å². The van der Waals surface area contributed by atoms with Gasteiger partial charge in [-0.05, 0) is 37.1 Å². The largest absolute Gasteiger partial charge is 0.315 e. The van der Waals surface area contributed by atoms with Crippen molar-refractivity contribution in [2.24, 2.45) is 0 Å². The Kier molecular flexibility index (Phi) is 4.63. The minimum Gasteiger partial charge on any atom is -0.315 e. The number of aromatic nitrogens is 1. The third-order valence-corrected chi connectivity index (χ3v) is 4.16. The van der Waals surface area contributed by atoms with E-state index in [2.05, 4.69) is 53.5 Å². The Morgan fingerprint density at radius 3 is 2.71 bits per heavy atom. The fraction of sp³-hybridized carbons (Fsp3) is 0.389. The third-order valence-electron chi connectivity index (χ3n) is 4.16. The van der Waals surface area contributed by atoms with Crippen LogP contribution in [0, 0.1) is 6.92 Å². The third kappa shape index (κ3) is 3.31. The molecule has 1 aromatic heterocycles. The topological polar surface area (TPSA) is 28.2 Å².